The molecule has 1 N–H and O–H groups in total. The highest BCUT2D eigenvalue weighted by Gasteiger charge is 2.17. The molecule has 2 nitrogen and oxygen atoms in total. The summed E-state index contributed by atoms with van der Waals surface area (Å²) in [5.41, 5.74) is 6.28. The van der Waals surface area contributed by atoms with Crippen LogP contribution >= 0.6 is 8.58 Å². The molecule has 0 aromatic heterocycles. The van der Waals surface area contributed by atoms with Crippen molar-refractivity contribution in [2.75, 3.05) is 0 Å². The molecule has 3 aromatic carbocycles. The largest absolute Gasteiger partial charge is 0.489 e. The van der Waals surface area contributed by atoms with Gasteiger partial charge in [-0.3, -0.25) is 0 Å². The van der Waals surface area contributed by atoms with E-state index in [1.807, 2.05) is 18.2 Å². The topological polar surface area (TPSA) is 29.5 Å². The third-order valence-electron chi connectivity index (χ3n) is 4.95. The van der Waals surface area contributed by atoms with E-state index < -0.39 is 0 Å². The van der Waals surface area contributed by atoms with Crippen LogP contribution in [0.1, 0.15) is 46.8 Å². The Morgan fingerprint density at radius 2 is 1.64 bits per heavy atom. The highest BCUT2D eigenvalue weighted by molar-refractivity contribution is 7.47. The minimum absolute atomic E-state index is 0.0889. The Kier molecular flexibility index (Phi) is 7.25. The summed E-state index contributed by atoms with van der Waals surface area (Å²) in [7, 11) is 0.599. The van der Waals surface area contributed by atoms with Crippen molar-refractivity contribution in [3.63, 3.8) is 0 Å². The fourth-order valence-electron chi connectivity index (χ4n) is 3.39. The second-order valence-corrected chi connectivity index (χ2v) is 8.76. The summed E-state index contributed by atoms with van der Waals surface area (Å²) in [5.74, 6) is 0.964. The molecule has 0 aliphatic carbocycles. The van der Waals surface area contributed by atoms with Crippen molar-refractivity contribution in [2.24, 2.45) is 0 Å². The minimum Gasteiger partial charge on any atom is -0.489 e. The number of hydrogen-bond acceptors (Lipinski definition) is 2. The molecule has 0 saturated carbocycles. The number of rotatable bonds is 8. The zero-order valence-electron chi connectivity index (χ0n) is 16.9. The molecule has 146 valence electrons. The van der Waals surface area contributed by atoms with Gasteiger partial charge in [0.2, 0.25) is 0 Å². The van der Waals surface area contributed by atoms with Crippen LogP contribution in [0.4, 0.5) is 0 Å². The lowest BCUT2D eigenvalue weighted by molar-refractivity contribution is 0.283. The van der Waals surface area contributed by atoms with Gasteiger partial charge in [-0.2, -0.15) is 0 Å². The third kappa shape index (κ3) is 5.22. The molecule has 3 rings (SSSR count). The Morgan fingerprint density at radius 3 is 2.36 bits per heavy atom. The van der Waals surface area contributed by atoms with Gasteiger partial charge < -0.3 is 9.84 Å². The van der Waals surface area contributed by atoms with Crippen molar-refractivity contribution >= 4 is 13.9 Å². The van der Waals surface area contributed by atoms with Crippen LogP contribution in [-0.4, -0.2) is 5.11 Å². The van der Waals surface area contributed by atoms with Crippen molar-refractivity contribution in [3.05, 3.63) is 94.5 Å². The smallest absolute Gasteiger partial charge is 0.123 e. The van der Waals surface area contributed by atoms with E-state index in [0.717, 1.165) is 17.7 Å². The molecule has 2 unspecified atom stereocenters. The predicted octanol–water partition coefficient (Wildman–Crippen LogP) is 5.83. The van der Waals surface area contributed by atoms with E-state index in [1.165, 1.54) is 27.6 Å². The van der Waals surface area contributed by atoms with E-state index in [0.29, 0.717) is 20.8 Å². The lowest BCUT2D eigenvalue weighted by atomic mass is 10.1. The van der Waals surface area contributed by atoms with Crippen molar-refractivity contribution < 1.29 is 9.84 Å². The van der Waals surface area contributed by atoms with Crippen LogP contribution < -0.4 is 10.0 Å². The molecule has 0 bridgehead atoms. The average molecular weight is 392 g/mol. The Balaban J connectivity index is 1.86. The lowest BCUT2D eigenvalue weighted by Gasteiger charge is -2.22. The molecule has 0 radical (unpaired) electrons. The summed E-state index contributed by atoms with van der Waals surface area (Å²) in [6, 6.07) is 23.2. The first kappa shape index (κ1) is 20.6. The van der Waals surface area contributed by atoms with E-state index in [-0.39, 0.29) is 6.61 Å². The number of hydrogen-bond donors (Lipinski definition) is 1. The van der Waals surface area contributed by atoms with Crippen LogP contribution in [0.3, 0.4) is 0 Å². The highest BCUT2D eigenvalue weighted by Crippen LogP contribution is 2.42. The maximum absolute atomic E-state index is 9.79. The molecule has 0 saturated heterocycles. The maximum Gasteiger partial charge on any atom is 0.123 e. The van der Waals surface area contributed by atoms with E-state index >= 15 is 0 Å². The summed E-state index contributed by atoms with van der Waals surface area (Å²) >= 11 is 0. The van der Waals surface area contributed by atoms with Gasteiger partial charge in [-0.15, -0.1) is 0 Å². The normalized spacial score (nSPS) is 12.4. The van der Waals surface area contributed by atoms with Gasteiger partial charge in [-0.25, -0.2) is 0 Å². The molecule has 0 spiro atoms. The predicted molar refractivity (Wildman–Crippen MR) is 120 cm³/mol. The first-order valence-corrected chi connectivity index (χ1v) is 10.9. The molecule has 0 aliphatic rings. The van der Waals surface area contributed by atoms with Crippen LogP contribution in [0.25, 0.3) is 0 Å². The molecule has 3 aromatic rings. The molecule has 0 fully saturated rings. The van der Waals surface area contributed by atoms with Gasteiger partial charge in [0.25, 0.3) is 0 Å². The molecular weight excluding hydrogens is 363 g/mol. The van der Waals surface area contributed by atoms with Gasteiger partial charge >= 0.3 is 0 Å². The summed E-state index contributed by atoms with van der Waals surface area (Å²) in [6.45, 7) is 7.09. The minimum atomic E-state index is 0.0889. The van der Waals surface area contributed by atoms with Crippen LogP contribution in [0.5, 0.6) is 5.75 Å². The molecule has 0 heterocycles. The maximum atomic E-state index is 9.79. The summed E-state index contributed by atoms with van der Waals surface area (Å²) in [5, 5.41) is 11.0. The first-order chi connectivity index (χ1) is 13.6. The number of benzene rings is 3. The molecule has 0 aliphatic heterocycles. The number of ether oxygens (including phenoxy) is 1. The average Bonchev–Trinajstić information content (AvgIpc) is 2.72. The van der Waals surface area contributed by atoms with Crippen molar-refractivity contribution in [3.8, 4) is 5.75 Å². The van der Waals surface area contributed by atoms with Crippen molar-refractivity contribution in [1.82, 2.24) is 0 Å². The van der Waals surface area contributed by atoms with Gasteiger partial charge in [0, 0.05) is 11.2 Å². The van der Waals surface area contributed by atoms with Gasteiger partial charge in [-0.05, 0) is 42.8 Å². The summed E-state index contributed by atoms with van der Waals surface area (Å²) in [4.78, 5) is 0. The Morgan fingerprint density at radius 1 is 0.929 bits per heavy atom. The fraction of sp³-hybridized carbons (Fsp3) is 0.280. The standard InChI is InChI=1S/C25H29O2P/c1-4-24(28-25-13-11-18(2)14-21(25)16-26)22-15-19(3)10-12-23(22)27-17-20-8-6-5-7-9-20/h5-15,24,26,28H,4,16-17H2,1-3H3. The fourth-order valence-corrected chi connectivity index (χ4v) is 4.87. The second kappa shape index (κ2) is 9.87. The monoisotopic (exact) mass is 392 g/mol. The SMILES string of the molecule is CCC(Pc1ccc(C)cc1CO)c1cc(C)ccc1OCc1ccccc1. The van der Waals surface area contributed by atoms with Crippen LogP contribution in [0, 0.1) is 13.8 Å². The van der Waals surface area contributed by atoms with Gasteiger partial charge in [0.15, 0.2) is 0 Å². The van der Waals surface area contributed by atoms with Gasteiger partial charge in [-0.1, -0.05) is 87.3 Å². The van der Waals surface area contributed by atoms with Gasteiger partial charge in [0.1, 0.15) is 12.4 Å². The second-order valence-electron chi connectivity index (χ2n) is 7.24. The van der Waals surface area contributed by atoms with Crippen LogP contribution in [0.2, 0.25) is 0 Å². The third-order valence-corrected chi connectivity index (χ3v) is 6.81. The zero-order valence-corrected chi connectivity index (χ0v) is 17.9. The number of aryl methyl sites for hydroxylation is 2. The van der Waals surface area contributed by atoms with Gasteiger partial charge in [0.05, 0.1) is 6.61 Å². The number of aliphatic hydroxyl groups excluding tert-OH is 1. The Labute approximate surface area is 170 Å². The Bertz CT molecular complexity index is 906. The first-order valence-electron chi connectivity index (χ1n) is 9.85. The van der Waals surface area contributed by atoms with Crippen molar-refractivity contribution in [1.29, 1.82) is 0 Å². The van der Waals surface area contributed by atoms with E-state index in [1.54, 1.807) is 0 Å². The molecule has 2 atom stereocenters. The summed E-state index contributed by atoms with van der Waals surface area (Å²) < 4.78 is 6.23. The van der Waals surface area contributed by atoms with E-state index in [9.17, 15) is 5.11 Å². The highest BCUT2D eigenvalue weighted by atomic mass is 31.1. The lowest BCUT2D eigenvalue weighted by Crippen LogP contribution is -2.08. The zero-order chi connectivity index (χ0) is 19.9. The van der Waals surface area contributed by atoms with Crippen molar-refractivity contribution in [2.45, 2.75) is 46.1 Å². The molecule has 0 amide bonds. The van der Waals surface area contributed by atoms with E-state index in [4.69, 9.17) is 4.74 Å². The van der Waals surface area contributed by atoms with E-state index in [2.05, 4.69) is 69.3 Å². The Hall–Kier alpha value is -2.15. The summed E-state index contributed by atoms with van der Waals surface area (Å²) in [6.07, 6.45) is 1.03. The quantitative estimate of drug-likeness (QED) is 0.489. The molecular formula is C25H29O2P. The number of aliphatic hydroxyl groups is 1. The molecule has 3 heteroatoms. The van der Waals surface area contributed by atoms with Crippen LogP contribution in [0.15, 0.2) is 66.7 Å². The molecule has 28 heavy (non-hydrogen) atoms. The van der Waals surface area contributed by atoms with Crippen LogP contribution in [-0.2, 0) is 13.2 Å².